The molecule has 0 spiro atoms. The molecule has 5 heteroatoms. The molecule has 1 aromatic carbocycles. The molecule has 1 N–H and O–H groups in total. The lowest BCUT2D eigenvalue weighted by molar-refractivity contribution is 0.0943. The van der Waals surface area contributed by atoms with Crippen molar-refractivity contribution in [3.05, 3.63) is 29.3 Å². The van der Waals surface area contributed by atoms with E-state index in [1.165, 1.54) is 56.3 Å². The van der Waals surface area contributed by atoms with Crippen LogP contribution in [0.3, 0.4) is 0 Å². The maximum atomic E-state index is 13.2. The van der Waals surface area contributed by atoms with E-state index < -0.39 is 0 Å². The van der Waals surface area contributed by atoms with Crippen LogP contribution >= 0.6 is 12.4 Å². The lowest BCUT2D eigenvalue weighted by Crippen LogP contribution is -2.47. The van der Waals surface area contributed by atoms with Crippen LogP contribution in [0.2, 0.25) is 0 Å². The first-order chi connectivity index (χ1) is 15.2. The Morgan fingerprint density at radius 3 is 2.24 bits per heavy atom. The van der Waals surface area contributed by atoms with Gasteiger partial charge in [0.2, 0.25) is 0 Å². The smallest absolute Gasteiger partial charge is 0.253 e. The first-order valence-corrected chi connectivity index (χ1v) is 13.1. The maximum Gasteiger partial charge on any atom is 0.253 e. The second-order valence-corrected chi connectivity index (χ2v) is 11.5. The molecule has 188 valence electrons. The van der Waals surface area contributed by atoms with Crippen molar-refractivity contribution in [3.8, 4) is 0 Å². The van der Waals surface area contributed by atoms with E-state index in [0.717, 1.165) is 37.7 Å². The minimum absolute atomic E-state index is 0. The summed E-state index contributed by atoms with van der Waals surface area (Å²) in [6.45, 7) is 18.9. The van der Waals surface area contributed by atoms with Gasteiger partial charge in [0.1, 0.15) is 0 Å². The average Bonchev–Trinajstić information content (AvgIpc) is 2.76. The van der Waals surface area contributed by atoms with Gasteiger partial charge in [0.25, 0.3) is 5.91 Å². The lowest BCUT2D eigenvalue weighted by atomic mass is 9.68. The summed E-state index contributed by atoms with van der Waals surface area (Å²) in [6, 6.07) is 6.61. The van der Waals surface area contributed by atoms with Crippen molar-refractivity contribution in [2.75, 3.05) is 37.6 Å². The highest BCUT2D eigenvalue weighted by atomic mass is 35.5. The van der Waals surface area contributed by atoms with Crippen molar-refractivity contribution in [1.82, 2.24) is 10.2 Å². The fourth-order valence-corrected chi connectivity index (χ4v) is 5.61. The Kier molecular flexibility index (Phi) is 10.6. The third-order valence-electron chi connectivity index (χ3n) is 7.64. The molecule has 1 saturated heterocycles. The van der Waals surface area contributed by atoms with E-state index in [9.17, 15) is 4.79 Å². The molecule has 2 fully saturated rings. The predicted octanol–water partition coefficient (Wildman–Crippen LogP) is 6.49. The molecule has 1 amide bonds. The van der Waals surface area contributed by atoms with Crippen LogP contribution in [-0.4, -0.2) is 49.6 Å². The Bertz CT molecular complexity index is 742. The van der Waals surface area contributed by atoms with E-state index >= 15 is 0 Å². The molecule has 1 aliphatic heterocycles. The fourth-order valence-electron chi connectivity index (χ4n) is 5.61. The number of nitrogens with zero attached hydrogens (tertiary/aromatic N) is 2. The number of carbonyl (C=O) groups excluding carboxylic acids is 1. The Morgan fingerprint density at radius 2 is 1.70 bits per heavy atom. The molecule has 0 bridgehead atoms. The van der Waals surface area contributed by atoms with Crippen molar-refractivity contribution in [2.45, 2.75) is 92.0 Å². The molecule has 1 saturated carbocycles. The van der Waals surface area contributed by atoms with Crippen molar-refractivity contribution in [2.24, 2.45) is 11.3 Å². The molecule has 0 atom stereocenters. The first-order valence-electron chi connectivity index (χ1n) is 13.1. The third-order valence-corrected chi connectivity index (χ3v) is 7.64. The van der Waals surface area contributed by atoms with Crippen LogP contribution in [0.15, 0.2) is 18.2 Å². The number of piperazine rings is 1. The molecule has 33 heavy (non-hydrogen) atoms. The summed E-state index contributed by atoms with van der Waals surface area (Å²) in [5.74, 6) is 1.44. The number of unbranched alkanes of at least 4 members (excludes halogenated alkanes) is 1. The van der Waals surface area contributed by atoms with Crippen LogP contribution in [0.5, 0.6) is 0 Å². The largest absolute Gasteiger partial charge is 0.368 e. The molecule has 2 aliphatic rings. The maximum absolute atomic E-state index is 13.2. The number of hydrogen-bond acceptors (Lipinski definition) is 3. The molecule has 1 aromatic rings. The topological polar surface area (TPSA) is 35.6 Å². The second kappa shape index (κ2) is 12.4. The first kappa shape index (κ1) is 28.0. The van der Waals surface area contributed by atoms with Gasteiger partial charge in [0.05, 0.1) is 11.3 Å². The number of rotatable bonds is 7. The SMILES string of the molecule is CCCCN1CCN(c2c(C(=O)NC(C)C)cccc2C2CCC(C(C)(C)C)CC2)CC1.Cl. The molecule has 1 aliphatic carbocycles. The zero-order valence-corrected chi connectivity index (χ0v) is 22.8. The Labute approximate surface area is 209 Å². The van der Waals surface area contributed by atoms with Crippen LogP contribution in [0.25, 0.3) is 0 Å². The lowest BCUT2D eigenvalue weighted by Gasteiger charge is -2.41. The van der Waals surface area contributed by atoms with E-state index in [1.54, 1.807) is 0 Å². The van der Waals surface area contributed by atoms with Gasteiger partial charge in [0, 0.05) is 32.2 Å². The minimum Gasteiger partial charge on any atom is -0.368 e. The molecule has 3 rings (SSSR count). The van der Waals surface area contributed by atoms with E-state index in [2.05, 4.69) is 54.9 Å². The van der Waals surface area contributed by atoms with Gasteiger partial charge in [-0.3, -0.25) is 9.69 Å². The quantitative estimate of drug-likeness (QED) is 0.487. The highest BCUT2D eigenvalue weighted by Gasteiger charge is 2.33. The highest BCUT2D eigenvalue weighted by molar-refractivity contribution is 6.00. The summed E-state index contributed by atoms with van der Waals surface area (Å²) in [5.41, 5.74) is 3.90. The van der Waals surface area contributed by atoms with Crippen LogP contribution < -0.4 is 10.2 Å². The van der Waals surface area contributed by atoms with Crippen molar-refractivity contribution in [1.29, 1.82) is 0 Å². The van der Waals surface area contributed by atoms with Crippen LogP contribution in [0, 0.1) is 11.3 Å². The number of nitrogens with one attached hydrogen (secondary N) is 1. The van der Waals surface area contributed by atoms with Gasteiger partial charge >= 0.3 is 0 Å². The Morgan fingerprint density at radius 1 is 1.06 bits per heavy atom. The van der Waals surface area contributed by atoms with Crippen LogP contribution in [-0.2, 0) is 0 Å². The summed E-state index contributed by atoms with van der Waals surface area (Å²) in [4.78, 5) is 18.3. The molecule has 0 unspecified atom stereocenters. The normalized spacial score (nSPS) is 22.2. The average molecular weight is 478 g/mol. The van der Waals surface area contributed by atoms with E-state index in [-0.39, 0.29) is 24.4 Å². The number of halogens is 1. The Hall–Kier alpha value is -1.26. The second-order valence-electron chi connectivity index (χ2n) is 11.5. The molecule has 1 heterocycles. The summed E-state index contributed by atoms with van der Waals surface area (Å²) < 4.78 is 0. The fraction of sp³-hybridized carbons (Fsp3) is 0.750. The number of anilines is 1. The number of hydrogen-bond donors (Lipinski definition) is 1. The number of para-hydroxylation sites is 1. The van der Waals surface area contributed by atoms with Gasteiger partial charge in [-0.1, -0.05) is 46.2 Å². The van der Waals surface area contributed by atoms with E-state index in [4.69, 9.17) is 0 Å². The van der Waals surface area contributed by atoms with Crippen molar-refractivity contribution in [3.63, 3.8) is 0 Å². The summed E-state index contributed by atoms with van der Waals surface area (Å²) in [6.07, 6.45) is 7.58. The monoisotopic (exact) mass is 477 g/mol. The molecular formula is C28H48ClN3O. The number of carbonyl (C=O) groups is 1. The van der Waals surface area contributed by atoms with Gasteiger partial charge in [-0.25, -0.2) is 0 Å². The predicted molar refractivity (Wildman–Crippen MR) is 144 cm³/mol. The molecular weight excluding hydrogens is 430 g/mol. The zero-order valence-electron chi connectivity index (χ0n) is 22.0. The summed E-state index contributed by atoms with van der Waals surface area (Å²) in [7, 11) is 0. The summed E-state index contributed by atoms with van der Waals surface area (Å²) in [5, 5.41) is 3.16. The van der Waals surface area contributed by atoms with E-state index in [1.807, 2.05) is 19.9 Å². The summed E-state index contributed by atoms with van der Waals surface area (Å²) >= 11 is 0. The molecule has 0 aromatic heterocycles. The highest BCUT2D eigenvalue weighted by Crippen LogP contribution is 2.46. The van der Waals surface area contributed by atoms with Crippen molar-refractivity contribution >= 4 is 24.0 Å². The van der Waals surface area contributed by atoms with Gasteiger partial charge < -0.3 is 10.2 Å². The van der Waals surface area contributed by atoms with Gasteiger partial charge in [-0.15, -0.1) is 12.4 Å². The van der Waals surface area contributed by atoms with Gasteiger partial charge in [-0.05, 0) is 81.4 Å². The number of benzene rings is 1. The van der Waals surface area contributed by atoms with Gasteiger partial charge in [-0.2, -0.15) is 0 Å². The van der Waals surface area contributed by atoms with Crippen molar-refractivity contribution < 1.29 is 4.79 Å². The molecule has 4 nitrogen and oxygen atoms in total. The number of amides is 1. The van der Waals surface area contributed by atoms with Crippen LogP contribution in [0.4, 0.5) is 5.69 Å². The third kappa shape index (κ3) is 7.36. The zero-order chi connectivity index (χ0) is 23.3. The van der Waals surface area contributed by atoms with E-state index in [0.29, 0.717) is 11.3 Å². The van der Waals surface area contributed by atoms with Gasteiger partial charge in [0.15, 0.2) is 0 Å². The van der Waals surface area contributed by atoms with Crippen LogP contribution in [0.1, 0.15) is 102 Å². The standard InChI is InChI=1S/C28H47N3O.ClH/c1-7-8-16-30-17-19-31(20-18-30)26-24(10-9-11-25(26)27(32)29-21(2)3)22-12-14-23(15-13-22)28(4,5)6;/h9-11,21-23H,7-8,12-20H2,1-6H3,(H,29,32);1H. The Balaban J connectivity index is 0.00000385. The molecule has 0 radical (unpaired) electrons. The minimum atomic E-state index is 0.